The Hall–Kier alpha value is -0.120. The number of hydrogen-bond donors (Lipinski definition) is 1. The van der Waals surface area contributed by atoms with Crippen LogP contribution in [0, 0.1) is 0 Å². The molecule has 16 heavy (non-hydrogen) atoms. The van der Waals surface area contributed by atoms with Crippen LogP contribution in [0.25, 0.3) is 0 Å². The zero-order valence-electron chi connectivity index (χ0n) is 10.9. The molecule has 2 unspecified atom stereocenters. The summed E-state index contributed by atoms with van der Waals surface area (Å²) in [5.74, 6) is 0. The van der Waals surface area contributed by atoms with Crippen molar-refractivity contribution in [3.8, 4) is 0 Å². The molecule has 0 aromatic rings. The lowest BCUT2D eigenvalue weighted by atomic mass is 9.86. The molecular formula is C13H26N2O. The summed E-state index contributed by atoms with van der Waals surface area (Å²) >= 11 is 0. The second kappa shape index (κ2) is 5.48. The molecule has 0 aromatic heterocycles. The third-order valence-corrected chi connectivity index (χ3v) is 4.21. The first-order valence-corrected chi connectivity index (χ1v) is 6.76. The molecule has 2 fully saturated rings. The van der Waals surface area contributed by atoms with Gasteiger partial charge in [0.05, 0.1) is 6.10 Å². The van der Waals surface area contributed by atoms with Gasteiger partial charge in [0.25, 0.3) is 0 Å². The Labute approximate surface area is 99.5 Å². The van der Waals surface area contributed by atoms with E-state index in [2.05, 4.69) is 24.1 Å². The standard InChI is InChI=1S/C13H26N2O/c1-4-5-11-9-15(10(2)8-14-11)12-6-13(7-12)16-3/h10-14H,4-9H2,1-3H3. The summed E-state index contributed by atoms with van der Waals surface area (Å²) in [6.07, 6.45) is 5.59. The molecule has 0 radical (unpaired) electrons. The maximum atomic E-state index is 5.37. The molecule has 0 amide bonds. The fraction of sp³-hybridized carbons (Fsp3) is 1.00. The van der Waals surface area contributed by atoms with Crippen molar-refractivity contribution in [2.24, 2.45) is 0 Å². The van der Waals surface area contributed by atoms with Crippen LogP contribution in [0.1, 0.15) is 39.5 Å². The molecule has 1 saturated heterocycles. The first-order chi connectivity index (χ1) is 7.74. The molecule has 3 nitrogen and oxygen atoms in total. The number of ether oxygens (including phenoxy) is 1. The van der Waals surface area contributed by atoms with Crippen molar-refractivity contribution in [2.75, 3.05) is 20.2 Å². The minimum Gasteiger partial charge on any atom is -0.381 e. The van der Waals surface area contributed by atoms with E-state index in [9.17, 15) is 0 Å². The highest BCUT2D eigenvalue weighted by Crippen LogP contribution is 2.30. The van der Waals surface area contributed by atoms with Crippen molar-refractivity contribution in [3.05, 3.63) is 0 Å². The predicted octanol–water partition coefficient (Wildman–Crippen LogP) is 1.63. The van der Waals surface area contributed by atoms with E-state index >= 15 is 0 Å². The molecule has 0 bridgehead atoms. The molecule has 1 N–H and O–H groups in total. The fourth-order valence-electron chi connectivity index (χ4n) is 3.01. The number of nitrogens with zero attached hydrogens (tertiary/aromatic N) is 1. The van der Waals surface area contributed by atoms with E-state index in [1.54, 1.807) is 0 Å². The van der Waals surface area contributed by atoms with Gasteiger partial charge in [0.1, 0.15) is 0 Å². The van der Waals surface area contributed by atoms with E-state index in [-0.39, 0.29) is 0 Å². The molecule has 1 saturated carbocycles. The van der Waals surface area contributed by atoms with Gasteiger partial charge >= 0.3 is 0 Å². The van der Waals surface area contributed by atoms with Gasteiger partial charge in [-0.2, -0.15) is 0 Å². The number of hydrogen-bond acceptors (Lipinski definition) is 3. The average molecular weight is 226 g/mol. The van der Waals surface area contributed by atoms with E-state index < -0.39 is 0 Å². The topological polar surface area (TPSA) is 24.5 Å². The highest BCUT2D eigenvalue weighted by atomic mass is 16.5. The van der Waals surface area contributed by atoms with Crippen LogP contribution in [0.15, 0.2) is 0 Å². The van der Waals surface area contributed by atoms with Gasteiger partial charge in [-0.05, 0) is 26.2 Å². The van der Waals surface area contributed by atoms with Crippen molar-refractivity contribution >= 4 is 0 Å². The van der Waals surface area contributed by atoms with E-state index in [0.29, 0.717) is 18.2 Å². The van der Waals surface area contributed by atoms with Gasteiger partial charge < -0.3 is 10.1 Å². The Bertz CT molecular complexity index is 216. The lowest BCUT2D eigenvalue weighted by Crippen LogP contribution is -2.61. The number of piperazine rings is 1. The van der Waals surface area contributed by atoms with E-state index in [1.165, 1.54) is 32.2 Å². The Morgan fingerprint density at radius 2 is 2.12 bits per heavy atom. The minimum absolute atomic E-state index is 0.525. The summed E-state index contributed by atoms with van der Waals surface area (Å²) in [5.41, 5.74) is 0. The monoisotopic (exact) mass is 226 g/mol. The highest BCUT2D eigenvalue weighted by molar-refractivity contribution is 4.94. The van der Waals surface area contributed by atoms with E-state index in [0.717, 1.165) is 12.6 Å². The maximum Gasteiger partial charge on any atom is 0.0601 e. The smallest absolute Gasteiger partial charge is 0.0601 e. The number of methoxy groups -OCH3 is 1. The molecule has 0 aromatic carbocycles. The highest BCUT2D eigenvalue weighted by Gasteiger charge is 2.38. The molecule has 94 valence electrons. The quantitative estimate of drug-likeness (QED) is 0.788. The molecule has 2 rings (SSSR count). The van der Waals surface area contributed by atoms with Gasteiger partial charge in [-0.15, -0.1) is 0 Å². The minimum atomic E-state index is 0.525. The molecule has 2 aliphatic rings. The number of nitrogens with one attached hydrogen (secondary N) is 1. The lowest BCUT2D eigenvalue weighted by Gasteiger charge is -2.49. The van der Waals surface area contributed by atoms with Gasteiger partial charge in [0.2, 0.25) is 0 Å². The average Bonchev–Trinajstić information content (AvgIpc) is 2.21. The molecule has 2 atom stereocenters. The third kappa shape index (κ3) is 2.58. The van der Waals surface area contributed by atoms with Gasteiger partial charge in [-0.1, -0.05) is 13.3 Å². The van der Waals surface area contributed by atoms with Crippen molar-refractivity contribution in [2.45, 2.75) is 63.8 Å². The van der Waals surface area contributed by atoms with Crippen molar-refractivity contribution < 1.29 is 4.74 Å². The zero-order valence-corrected chi connectivity index (χ0v) is 10.9. The van der Waals surface area contributed by atoms with Crippen molar-refractivity contribution in [1.29, 1.82) is 0 Å². The molecule has 1 heterocycles. The largest absolute Gasteiger partial charge is 0.381 e. The Morgan fingerprint density at radius 1 is 1.38 bits per heavy atom. The molecule has 1 aliphatic heterocycles. The van der Waals surface area contributed by atoms with Gasteiger partial charge in [-0.25, -0.2) is 0 Å². The van der Waals surface area contributed by atoms with E-state index in [4.69, 9.17) is 4.74 Å². The maximum absolute atomic E-state index is 5.37. The Kier molecular flexibility index (Phi) is 4.22. The van der Waals surface area contributed by atoms with Crippen LogP contribution in [0.5, 0.6) is 0 Å². The van der Waals surface area contributed by atoms with E-state index in [1.807, 2.05) is 7.11 Å². The van der Waals surface area contributed by atoms with Gasteiger partial charge in [0, 0.05) is 38.3 Å². The molecular weight excluding hydrogens is 200 g/mol. The molecule has 0 spiro atoms. The normalized spacial score (nSPS) is 40.7. The van der Waals surface area contributed by atoms with Crippen LogP contribution >= 0.6 is 0 Å². The zero-order chi connectivity index (χ0) is 11.5. The second-order valence-corrected chi connectivity index (χ2v) is 5.42. The van der Waals surface area contributed by atoms with Crippen LogP contribution in [0.4, 0.5) is 0 Å². The Balaban J connectivity index is 1.82. The fourth-order valence-corrected chi connectivity index (χ4v) is 3.01. The van der Waals surface area contributed by atoms with Crippen molar-refractivity contribution in [3.63, 3.8) is 0 Å². The van der Waals surface area contributed by atoms with Crippen LogP contribution in [-0.4, -0.2) is 49.3 Å². The van der Waals surface area contributed by atoms with Gasteiger partial charge in [-0.3, -0.25) is 4.90 Å². The first-order valence-electron chi connectivity index (χ1n) is 6.76. The summed E-state index contributed by atoms with van der Waals surface area (Å²) < 4.78 is 5.37. The first kappa shape index (κ1) is 12.3. The SMILES string of the molecule is CCCC1CN(C2CC(OC)C2)C(C)CN1. The third-order valence-electron chi connectivity index (χ3n) is 4.21. The van der Waals surface area contributed by atoms with Crippen molar-refractivity contribution in [1.82, 2.24) is 10.2 Å². The Morgan fingerprint density at radius 3 is 2.75 bits per heavy atom. The summed E-state index contributed by atoms with van der Waals surface area (Å²) in [5, 5.41) is 3.66. The summed E-state index contributed by atoms with van der Waals surface area (Å²) in [7, 11) is 1.84. The lowest BCUT2D eigenvalue weighted by molar-refractivity contribution is -0.0495. The van der Waals surface area contributed by atoms with Crippen LogP contribution < -0.4 is 5.32 Å². The summed E-state index contributed by atoms with van der Waals surface area (Å²) in [6, 6.07) is 2.18. The van der Waals surface area contributed by atoms with Gasteiger partial charge in [0.15, 0.2) is 0 Å². The predicted molar refractivity (Wildman–Crippen MR) is 66.7 cm³/mol. The van der Waals surface area contributed by atoms with Crippen LogP contribution in [0.3, 0.4) is 0 Å². The number of rotatable bonds is 4. The molecule has 1 aliphatic carbocycles. The van der Waals surface area contributed by atoms with Crippen LogP contribution in [-0.2, 0) is 4.74 Å². The summed E-state index contributed by atoms with van der Waals surface area (Å²) in [6.45, 7) is 7.00. The van der Waals surface area contributed by atoms with Crippen LogP contribution in [0.2, 0.25) is 0 Å². The summed E-state index contributed by atoms with van der Waals surface area (Å²) in [4.78, 5) is 2.70. The molecule has 3 heteroatoms. The second-order valence-electron chi connectivity index (χ2n) is 5.42.